The number of nitrogens with one attached hydrogen (secondary N) is 1. The Morgan fingerprint density at radius 3 is 2.55 bits per heavy atom. The maximum atomic E-state index is 13.0. The molecule has 2 heterocycles. The van der Waals surface area contributed by atoms with Crippen LogP contribution in [0.15, 0.2) is 68.6 Å². The third-order valence-electron chi connectivity index (χ3n) is 5.05. The Morgan fingerprint density at radius 1 is 1.07 bits per heavy atom. The van der Waals surface area contributed by atoms with E-state index in [-0.39, 0.29) is 5.56 Å². The fraction of sp³-hybridized carbons (Fsp3) is 0.182. The van der Waals surface area contributed by atoms with Gasteiger partial charge in [-0.2, -0.15) is 0 Å². The Kier molecular flexibility index (Phi) is 4.72. The van der Waals surface area contributed by atoms with Gasteiger partial charge in [0.2, 0.25) is 0 Å². The number of anilines is 1. The summed E-state index contributed by atoms with van der Waals surface area (Å²) in [4.78, 5) is 25.0. The maximum absolute atomic E-state index is 13.0. The molecule has 7 nitrogen and oxygen atoms in total. The van der Waals surface area contributed by atoms with Crippen molar-refractivity contribution < 1.29 is 9.15 Å². The average Bonchev–Trinajstić information content (AvgIpc) is 2.94. The summed E-state index contributed by atoms with van der Waals surface area (Å²) in [5.74, 6) is 0.607. The second-order valence-corrected chi connectivity index (χ2v) is 6.74. The van der Waals surface area contributed by atoms with Gasteiger partial charge in [0, 0.05) is 31.1 Å². The highest BCUT2D eigenvalue weighted by Gasteiger charge is 2.16. The molecule has 0 aliphatic heterocycles. The summed E-state index contributed by atoms with van der Waals surface area (Å²) in [6.45, 7) is 2.19. The van der Waals surface area contributed by atoms with Crippen molar-refractivity contribution in [1.82, 2.24) is 9.36 Å². The highest BCUT2D eigenvalue weighted by atomic mass is 16.5. The molecule has 7 heteroatoms. The Hall–Kier alpha value is -3.74. The number of nitrogens with zero attached hydrogens (tertiary/aromatic N) is 2. The van der Waals surface area contributed by atoms with Gasteiger partial charge in [-0.1, -0.05) is 18.2 Å². The van der Waals surface area contributed by atoms with Crippen molar-refractivity contribution in [2.24, 2.45) is 7.05 Å². The molecule has 4 rings (SSSR count). The molecule has 0 unspecified atom stereocenters. The zero-order valence-electron chi connectivity index (χ0n) is 16.4. The summed E-state index contributed by atoms with van der Waals surface area (Å²) in [7, 11) is 3.40. The van der Waals surface area contributed by atoms with Crippen LogP contribution < -0.4 is 21.2 Å². The van der Waals surface area contributed by atoms with Crippen molar-refractivity contribution in [2.75, 3.05) is 12.4 Å². The summed E-state index contributed by atoms with van der Waals surface area (Å²) < 4.78 is 13.9. The van der Waals surface area contributed by atoms with Crippen LogP contribution in [0.3, 0.4) is 0 Å². The molecule has 0 fully saturated rings. The molecule has 0 saturated carbocycles. The lowest BCUT2D eigenvalue weighted by molar-refractivity contribution is 0.414. The molecular formula is C22H21N3O4. The van der Waals surface area contributed by atoms with Gasteiger partial charge in [0.15, 0.2) is 0 Å². The number of para-hydroxylation sites is 1. The molecular weight excluding hydrogens is 370 g/mol. The summed E-state index contributed by atoms with van der Waals surface area (Å²) >= 11 is 0. The minimum absolute atomic E-state index is 0.148. The lowest BCUT2D eigenvalue weighted by Crippen LogP contribution is -2.21. The number of methoxy groups -OCH3 is 1. The topological polar surface area (TPSA) is 78.4 Å². The fourth-order valence-electron chi connectivity index (χ4n) is 3.44. The predicted molar refractivity (Wildman–Crippen MR) is 112 cm³/mol. The Bertz CT molecular complexity index is 1300. The van der Waals surface area contributed by atoms with Gasteiger partial charge < -0.3 is 14.5 Å². The van der Waals surface area contributed by atoms with Gasteiger partial charge >= 0.3 is 5.63 Å². The maximum Gasteiger partial charge on any atom is 0.336 e. The molecule has 0 radical (unpaired) electrons. The van der Waals surface area contributed by atoms with E-state index in [9.17, 15) is 9.59 Å². The molecule has 0 aliphatic rings. The van der Waals surface area contributed by atoms with Crippen LogP contribution in [0.4, 0.5) is 5.69 Å². The SMILES string of the molecule is COc1ccc2c(CNc3c(C)n(C)n(-c4ccccc4)c3=O)cc(=O)oc2c1. The number of ether oxygens (including phenoxy) is 1. The van der Waals surface area contributed by atoms with Crippen molar-refractivity contribution in [3.8, 4) is 11.4 Å². The average molecular weight is 391 g/mol. The molecule has 148 valence electrons. The molecule has 0 bridgehead atoms. The van der Waals surface area contributed by atoms with E-state index in [4.69, 9.17) is 9.15 Å². The fourth-order valence-corrected chi connectivity index (χ4v) is 3.44. The first-order valence-corrected chi connectivity index (χ1v) is 9.18. The number of rotatable bonds is 5. The first kappa shape index (κ1) is 18.6. The van der Waals surface area contributed by atoms with E-state index < -0.39 is 5.63 Å². The summed E-state index contributed by atoms with van der Waals surface area (Å²) in [5, 5.41) is 4.00. The van der Waals surface area contributed by atoms with Crippen molar-refractivity contribution in [3.05, 3.63) is 86.6 Å². The van der Waals surface area contributed by atoms with Crippen LogP contribution in [-0.4, -0.2) is 16.5 Å². The lowest BCUT2D eigenvalue weighted by atomic mass is 10.1. The van der Waals surface area contributed by atoms with Gasteiger partial charge in [-0.05, 0) is 36.8 Å². The van der Waals surface area contributed by atoms with Gasteiger partial charge in [-0.15, -0.1) is 0 Å². The van der Waals surface area contributed by atoms with Crippen LogP contribution in [0.25, 0.3) is 16.7 Å². The van der Waals surface area contributed by atoms with E-state index in [1.807, 2.05) is 61.1 Å². The number of aromatic nitrogens is 2. The van der Waals surface area contributed by atoms with E-state index >= 15 is 0 Å². The summed E-state index contributed by atoms with van der Waals surface area (Å²) in [5.41, 5.74) is 2.67. The summed E-state index contributed by atoms with van der Waals surface area (Å²) in [6.07, 6.45) is 0. The molecule has 0 spiro atoms. The highest BCUT2D eigenvalue weighted by molar-refractivity contribution is 5.81. The minimum Gasteiger partial charge on any atom is -0.497 e. The van der Waals surface area contributed by atoms with Crippen LogP contribution in [-0.2, 0) is 13.6 Å². The molecule has 0 aliphatic carbocycles. The molecule has 0 saturated heterocycles. The Morgan fingerprint density at radius 2 is 1.83 bits per heavy atom. The first-order valence-electron chi connectivity index (χ1n) is 9.18. The monoisotopic (exact) mass is 391 g/mol. The molecule has 4 aromatic rings. The highest BCUT2D eigenvalue weighted by Crippen LogP contribution is 2.23. The molecule has 0 atom stereocenters. The third kappa shape index (κ3) is 3.31. The van der Waals surface area contributed by atoms with Crippen molar-refractivity contribution in [2.45, 2.75) is 13.5 Å². The van der Waals surface area contributed by atoms with E-state index in [1.165, 1.54) is 6.07 Å². The number of hydrogen-bond acceptors (Lipinski definition) is 5. The van der Waals surface area contributed by atoms with Crippen LogP contribution >= 0.6 is 0 Å². The molecule has 2 aromatic heterocycles. The Labute approximate surface area is 166 Å². The first-order chi connectivity index (χ1) is 14.0. The van der Waals surface area contributed by atoms with E-state index in [1.54, 1.807) is 17.9 Å². The van der Waals surface area contributed by atoms with Gasteiger partial charge in [0.25, 0.3) is 5.56 Å². The van der Waals surface area contributed by atoms with Crippen molar-refractivity contribution in [1.29, 1.82) is 0 Å². The molecule has 1 N–H and O–H groups in total. The number of fused-ring (bicyclic) bond motifs is 1. The van der Waals surface area contributed by atoms with Crippen LogP contribution in [0.2, 0.25) is 0 Å². The normalized spacial score (nSPS) is 11.0. The largest absolute Gasteiger partial charge is 0.497 e. The van der Waals surface area contributed by atoms with Crippen molar-refractivity contribution in [3.63, 3.8) is 0 Å². The van der Waals surface area contributed by atoms with Crippen LogP contribution in [0, 0.1) is 6.92 Å². The second kappa shape index (κ2) is 7.35. The Balaban J connectivity index is 1.72. The number of hydrogen-bond donors (Lipinski definition) is 1. The smallest absolute Gasteiger partial charge is 0.336 e. The zero-order chi connectivity index (χ0) is 20.5. The van der Waals surface area contributed by atoms with E-state index in [0.29, 0.717) is 23.6 Å². The van der Waals surface area contributed by atoms with E-state index in [2.05, 4.69) is 5.32 Å². The van der Waals surface area contributed by atoms with Crippen LogP contribution in [0.1, 0.15) is 11.3 Å². The summed E-state index contributed by atoms with van der Waals surface area (Å²) in [6, 6.07) is 16.2. The van der Waals surface area contributed by atoms with E-state index in [0.717, 1.165) is 22.3 Å². The minimum atomic E-state index is -0.450. The third-order valence-corrected chi connectivity index (χ3v) is 5.05. The second-order valence-electron chi connectivity index (χ2n) is 6.74. The van der Waals surface area contributed by atoms with Crippen molar-refractivity contribution >= 4 is 16.7 Å². The lowest BCUT2D eigenvalue weighted by Gasteiger charge is -2.08. The van der Waals surface area contributed by atoms with Crippen LogP contribution in [0.5, 0.6) is 5.75 Å². The van der Waals surface area contributed by atoms with Gasteiger partial charge in [-0.25, -0.2) is 9.48 Å². The predicted octanol–water partition coefficient (Wildman–Crippen LogP) is 3.21. The zero-order valence-corrected chi connectivity index (χ0v) is 16.4. The quantitative estimate of drug-likeness (QED) is 0.529. The van der Waals surface area contributed by atoms with Gasteiger partial charge in [0.1, 0.15) is 17.0 Å². The molecule has 0 amide bonds. The molecule has 2 aromatic carbocycles. The van der Waals surface area contributed by atoms with Gasteiger partial charge in [0.05, 0.1) is 18.5 Å². The molecule has 29 heavy (non-hydrogen) atoms. The standard InChI is InChI=1S/C22H21N3O4/c1-14-21(22(27)25(24(14)2)16-7-5-4-6-8-16)23-13-15-11-20(26)29-19-12-17(28-3)9-10-18(15)19/h4-12,23H,13H2,1-3H3. The van der Waals surface area contributed by atoms with Gasteiger partial charge in [-0.3, -0.25) is 9.48 Å². The number of benzene rings is 2.